The van der Waals surface area contributed by atoms with Crippen LogP contribution in [-0.2, 0) is 23.8 Å². The average molecular weight is 395 g/mol. The van der Waals surface area contributed by atoms with Gasteiger partial charge in [0.25, 0.3) is 0 Å². The van der Waals surface area contributed by atoms with E-state index in [2.05, 4.69) is 5.32 Å². The number of esters is 2. The van der Waals surface area contributed by atoms with Gasteiger partial charge in [-0.2, -0.15) is 0 Å². The minimum atomic E-state index is -2.61. The van der Waals surface area contributed by atoms with Crippen LogP contribution in [-0.4, -0.2) is 53.5 Å². The fraction of sp³-hybridized carbons (Fsp3) is 0.474. The van der Waals surface area contributed by atoms with Gasteiger partial charge in [-0.3, -0.25) is 0 Å². The molecule has 0 saturated heterocycles. The van der Waals surface area contributed by atoms with Gasteiger partial charge >= 0.3 is 29.6 Å². The van der Waals surface area contributed by atoms with E-state index in [-0.39, 0.29) is 18.7 Å². The zero-order chi connectivity index (χ0) is 21.4. The van der Waals surface area contributed by atoms with Crippen LogP contribution in [0, 0.1) is 0 Å². The summed E-state index contributed by atoms with van der Waals surface area (Å²) in [5.41, 5.74) is -3.30. The van der Waals surface area contributed by atoms with Gasteiger partial charge in [0.05, 0.1) is 12.2 Å². The lowest BCUT2D eigenvalue weighted by molar-refractivity contribution is -0.181. The molecule has 9 heteroatoms. The number of hydrogen-bond acceptors (Lipinski definition) is 7. The Hall–Kier alpha value is -3.10. The van der Waals surface area contributed by atoms with Crippen molar-refractivity contribution in [3.05, 3.63) is 35.9 Å². The molecule has 154 valence electrons. The van der Waals surface area contributed by atoms with Crippen molar-refractivity contribution in [2.24, 2.45) is 0 Å². The summed E-state index contributed by atoms with van der Waals surface area (Å²) in [4.78, 5) is 48.3. The maximum absolute atomic E-state index is 12.4. The van der Waals surface area contributed by atoms with E-state index in [1.807, 2.05) is 0 Å². The summed E-state index contributed by atoms with van der Waals surface area (Å²) in [6, 6.07) is 7.62. The molecule has 28 heavy (non-hydrogen) atoms. The Balaban J connectivity index is 3.00. The predicted octanol–water partition coefficient (Wildman–Crippen LogP) is 2.14. The number of amides is 1. The molecule has 1 atom stereocenters. The first-order valence-corrected chi connectivity index (χ1v) is 8.67. The Labute approximate surface area is 163 Å². The maximum atomic E-state index is 12.4. The summed E-state index contributed by atoms with van der Waals surface area (Å²) < 4.78 is 14.9. The Morgan fingerprint density at radius 2 is 1.64 bits per heavy atom. The van der Waals surface area contributed by atoms with Gasteiger partial charge in [-0.1, -0.05) is 18.2 Å². The van der Waals surface area contributed by atoms with Crippen LogP contribution < -0.4 is 5.32 Å². The van der Waals surface area contributed by atoms with Gasteiger partial charge in [-0.15, -0.1) is 0 Å². The van der Waals surface area contributed by atoms with Crippen LogP contribution in [0.2, 0.25) is 0 Å². The lowest BCUT2D eigenvalue weighted by Gasteiger charge is -2.27. The standard InChI is InChI=1S/C19H25NO8/c1-5-26-16(24)19(15(22)23,11-12-20-17(25)28-18(2,3)4)27-14(21)13-9-7-6-8-10-13/h6-10H,5,11-12H2,1-4H3,(H,20,25)(H,22,23). The molecule has 0 aromatic heterocycles. The van der Waals surface area contributed by atoms with Gasteiger partial charge in [0.15, 0.2) is 0 Å². The van der Waals surface area contributed by atoms with Crippen LogP contribution in [0.1, 0.15) is 44.5 Å². The van der Waals surface area contributed by atoms with Crippen LogP contribution in [0.3, 0.4) is 0 Å². The molecule has 9 nitrogen and oxygen atoms in total. The molecule has 0 aliphatic heterocycles. The number of ether oxygens (including phenoxy) is 3. The fourth-order valence-electron chi connectivity index (χ4n) is 2.13. The highest BCUT2D eigenvalue weighted by molar-refractivity contribution is 6.06. The van der Waals surface area contributed by atoms with E-state index in [1.54, 1.807) is 39.0 Å². The number of rotatable bonds is 8. The molecule has 1 amide bonds. The Kier molecular flexibility index (Phi) is 7.97. The van der Waals surface area contributed by atoms with Crippen molar-refractivity contribution in [2.75, 3.05) is 13.2 Å². The van der Waals surface area contributed by atoms with Crippen molar-refractivity contribution in [3.8, 4) is 0 Å². The lowest BCUT2D eigenvalue weighted by Crippen LogP contribution is -2.53. The average Bonchev–Trinajstić information content (AvgIpc) is 2.59. The predicted molar refractivity (Wildman–Crippen MR) is 97.7 cm³/mol. The van der Waals surface area contributed by atoms with Crippen molar-refractivity contribution in [1.29, 1.82) is 0 Å². The smallest absolute Gasteiger partial charge is 0.407 e. The molecule has 0 aliphatic rings. The maximum Gasteiger partial charge on any atom is 0.407 e. The van der Waals surface area contributed by atoms with Crippen molar-refractivity contribution in [3.63, 3.8) is 0 Å². The third-order valence-electron chi connectivity index (χ3n) is 3.37. The number of carboxylic acids is 1. The number of carboxylic acid groups (broad SMARTS) is 1. The Morgan fingerprint density at radius 3 is 2.14 bits per heavy atom. The fourth-order valence-corrected chi connectivity index (χ4v) is 2.13. The molecule has 1 aromatic rings. The van der Waals surface area contributed by atoms with Crippen LogP contribution in [0.25, 0.3) is 0 Å². The van der Waals surface area contributed by atoms with Crippen molar-refractivity contribution < 1.29 is 38.5 Å². The highest BCUT2D eigenvalue weighted by atomic mass is 16.6. The molecule has 1 rings (SSSR count). The summed E-state index contributed by atoms with van der Waals surface area (Å²) in [5.74, 6) is -3.95. The third-order valence-corrected chi connectivity index (χ3v) is 3.37. The van der Waals surface area contributed by atoms with Crippen molar-refractivity contribution in [1.82, 2.24) is 5.32 Å². The Morgan fingerprint density at radius 1 is 1.04 bits per heavy atom. The topological polar surface area (TPSA) is 128 Å². The van der Waals surface area contributed by atoms with Crippen LogP contribution in [0.5, 0.6) is 0 Å². The SMILES string of the molecule is CCOC(=O)C(CCNC(=O)OC(C)(C)C)(OC(=O)c1ccccc1)C(=O)O. The zero-order valence-electron chi connectivity index (χ0n) is 16.3. The number of benzene rings is 1. The highest BCUT2D eigenvalue weighted by Gasteiger charge is 2.52. The van der Waals surface area contributed by atoms with E-state index >= 15 is 0 Å². The number of carbonyl (C=O) groups excluding carboxylic acids is 3. The second kappa shape index (κ2) is 9.72. The molecule has 0 aliphatic carbocycles. The van der Waals surface area contributed by atoms with E-state index < -0.39 is 41.6 Å². The second-order valence-corrected chi connectivity index (χ2v) is 6.79. The molecular weight excluding hydrogens is 370 g/mol. The van der Waals surface area contributed by atoms with Crippen LogP contribution >= 0.6 is 0 Å². The minimum Gasteiger partial charge on any atom is -0.478 e. The van der Waals surface area contributed by atoms with Gasteiger partial charge in [-0.25, -0.2) is 19.2 Å². The summed E-state index contributed by atoms with van der Waals surface area (Å²) >= 11 is 0. The molecule has 0 saturated carbocycles. The third kappa shape index (κ3) is 6.57. The van der Waals surface area contributed by atoms with Crippen molar-refractivity contribution in [2.45, 2.75) is 45.3 Å². The number of hydrogen-bond donors (Lipinski definition) is 2. The van der Waals surface area contributed by atoms with Gasteiger partial charge in [0.1, 0.15) is 5.60 Å². The first-order valence-electron chi connectivity index (χ1n) is 8.67. The quantitative estimate of drug-likeness (QED) is 0.389. The minimum absolute atomic E-state index is 0.0672. The largest absolute Gasteiger partial charge is 0.478 e. The molecule has 0 spiro atoms. The monoisotopic (exact) mass is 395 g/mol. The summed E-state index contributed by atoms with van der Waals surface area (Å²) in [5, 5.41) is 12.0. The molecule has 2 N–H and O–H groups in total. The molecule has 0 heterocycles. The normalized spacial score (nSPS) is 13.0. The van der Waals surface area contributed by atoms with Gasteiger partial charge in [0, 0.05) is 13.0 Å². The summed E-state index contributed by atoms with van der Waals surface area (Å²) in [6.45, 7) is 6.05. The second-order valence-electron chi connectivity index (χ2n) is 6.79. The zero-order valence-corrected chi connectivity index (χ0v) is 16.3. The first kappa shape index (κ1) is 22.9. The molecule has 1 aromatic carbocycles. The summed E-state index contributed by atoms with van der Waals surface area (Å²) in [7, 11) is 0. The van der Waals surface area contributed by atoms with Gasteiger partial charge in [0.2, 0.25) is 0 Å². The molecule has 0 fully saturated rings. The Bertz CT molecular complexity index is 710. The first-order chi connectivity index (χ1) is 13.0. The van der Waals surface area contributed by atoms with E-state index in [1.165, 1.54) is 19.1 Å². The van der Waals surface area contributed by atoms with E-state index in [4.69, 9.17) is 14.2 Å². The molecule has 1 unspecified atom stereocenters. The van der Waals surface area contributed by atoms with Crippen LogP contribution in [0.15, 0.2) is 30.3 Å². The molecule has 0 bridgehead atoms. The van der Waals surface area contributed by atoms with E-state index in [0.29, 0.717) is 0 Å². The van der Waals surface area contributed by atoms with E-state index in [0.717, 1.165) is 0 Å². The summed E-state index contributed by atoms with van der Waals surface area (Å²) in [6.07, 6.45) is -1.34. The van der Waals surface area contributed by atoms with Gasteiger partial charge < -0.3 is 24.6 Å². The molecule has 0 radical (unpaired) electrons. The molecular formula is C19H25NO8. The van der Waals surface area contributed by atoms with Gasteiger partial charge in [-0.05, 0) is 39.8 Å². The number of alkyl carbamates (subject to hydrolysis) is 1. The van der Waals surface area contributed by atoms with Crippen molar-refractivity contribution >= 4 is 24.0 Å². The highest BCUT2D eigenvalue weighted by Crippen LogP contribution is 2.22. The van der Waals surface area contributed by atoms with Crippen LogP contribution in [0.4, 0.5) is 4.79 Å². The number of nitrogens with one attached hydrogen (secondary N) is 1. The van der Waals surface area contributed by atoms with E-state index in [9.17, 15) is 24.3 Å². The number of aliphatic carboxylic acids is 1. The number of carbonyl (C=O) groups is 4. The lowest BCUT2D eigenvalue weighted by atomic mass is 9.99.